The minimum atomic E-state index is -0.432. The molecular weight excluding hydrogens is 269 g/mol. The smallest absolute Gasteiger partial charge is 0.182 e. The number of benzene rings is 2. The number of hydrogen-bond donors (Lipinski definition) is 1. The van der Waals surface area contributed by atoms with Gasteiger partial charge >= 0.3 is 0 Å². The molecule has 3 rings (SSSR count). The highest BCUT2D eigenvalue weighted by Crippen LogP contribution is 2.25. The first kappa shape index (κ1) is 13.2. The normalized spacial score (nSPS) is 10.8. The molecule has 0 saturated carbocycles. The quantitative estimate of drug-likeness (QED) is 0.749. The molecule has 0 spiro atoms. The Kier molecular flexibility index (Phi) is 3.35. The van der Waals surface area contributed by atoms with Crippen LogP contribution in [0.2, 0.25) is 0 Å². The zero-order chi connectivity index (χ0) is 14.8. The van der Waals surface area contributed by atoms with Gasteiger partial charge in [-0.2, -0.15) is 0 Å². The maximum absolute atomic E-state index is 13.5. The van der Waals surface area contributed by atoms with Crippen molar-refractivity contribution in [2.45, 2.75) is 13.5 Å². The van der Waals surface area contributed by atoms with Crippen molar-refractivity contribution < 1.29 is 4.39 Å². The van der Waals surface area contributed by atoms with Crippen LogP contribution in [-0.2, 0) is 6.54 Å². The van der Waals surface area contributed by atoms with Crippen molar-refractivity contribution in [3.05, 3.63) is 59.4 Å². The number of nitrogens with two attached hydrogens (primary N) is 1. The molecule has 106 valence electrons. The summed E-state index contributed by atoms with van der Waals surface area (Å²) in [7, 11) is 0. The topological polar surface area (TPSA) is 69.6 Å². The lowest BCUT2D eigenvalue weighted by Crippen LogP contribution is -2.05. The lowest BCUT2D eigenvalue weighted by atomic mass is 10.1. The first-order chi connectivity index (χ1) is 10.1. The molecule has 2 aromatic carbocycles. The predicted octanol–water partition coefficient (Wildman–Crippen LogP) is 2.42. The second-order valence-corrected chi connectivity index (χ2v) is 4.83. The summed E-state index contributed by atoms with van der Waals surface area (Å²) in [4.78, 5) is 0. The standard InChI is InChI=1S/C15H14FN5/c1-10-7-13(16)14(17)8-12(10)15-18-19-20-21(15)9-11-5-3-2-4-6-11/h2-8H,9,17H2,1H3. The van der Waals surface area contributed by atoms with Crippen molar-refractivity contribution in [3.8, 4) is 11.4 Å². The third-order valence-electron chi connectivity index (χ3n) is 3.29. The van der Waals surface area contributed by atoms with E-state index in [9.17, 15) is 4.39 Å². The highest BCUT2D eigenvalue weighted by atomic mass is 19.1. The molecule has 6 heteroatoms. The molecule has 5 nitrogen and oxygen atoms in total. The Balaban J connectivity index is 2.01. The van der Waals surface area contributed by atoms with Crippen LogP contribution in [0.3, 0.4) is 0 Å². The fourth-order valence-electron chi connectivity index (χ4n) is 2.19. The number of rotatable bonds is 3. The fourth-order valence-corrected chi connectivity index (χ4v) is 2.19. The molecule has 0 unspecified atom stereocenters. The van der Waals surface area contributed by atoms with Crippen LogP contribution in [0.15, 0.2) is 42.5 Å². The van der Waals surface area contributed by atoms with E-state index in [0.717, 1.165) is 16.7 Å². The van der Waals surface area contributed by atoms with Gasteiger partial charge in [-0.1, -0.05) is 30.3 Å². The van der Waals surface area contributed by atoms with Crippen molar-refractivity contribution >= 4 is 5.69 Å². The second-order valence-electron chi connectivity index (χ2n) is 4.83. The van der Waals surface area contributed by atoms with Crippen LogP contribution >= 0.6 is 0 Å². The van der Waals surface area contributed by atoms with E-state index >= 15 is 0 Å². The summed E-state index contributed by atoms with van der Waals surface area (Å²) in [5, 5.41) is 11.8. The largest absolute Gasteiger partial charge is 0.396 e. The van der Waals surface area contributed by atoms with E-state index in [1.165, 1.54) is 6.07 Å². The minimum Gasteiger partial charge on any atom is -0.396 e. The number of halogens is 1. The van der Waals surface area contributed by atoms with Crippen LogP contribution in [-0.4, -0.2) is 20.2 Å². The van der Waals surface area contributed by atoms with Gasteiger partial charge in [-0.25, -0.2) is 9.07 Å². The van der Waals surface area contributed by atoms with Crippen molar-refractivity contribution in [1.82, 2.24) is 20.2 Å². The molecule has 0 fully saturated rings. The van der Waals surface area contributed by atoms with E-state index < -0.39 is 5.82 Å². The Labute approximate surface area is 121 Å². The average Bonchev–Trinajstić information content (AvgIpc) is 2.92. The van der Waals surface area contributed by atoms with Gasteiger partial charge in [-0.05, 0) is 40.6 Å². The van der Waals surface area contributed by atoms with Gasteiger partial charge in [0, 0.05) is 5.56 Å². The summed E-state index contributed by atoms with van der Waals surface area (Å²) in [6.45, 7) is 2.35. The van der Waals surface area contributed by atoms with Crippen LogP contribution < -0.4 is 5.73 Å². The Morgan fingerprint density at radius 1 is 1.19 bits per heavy atom. The number of nitrogen functional groups attached to an aromatic ring is 1. The zero-order valence-electron chi connectivity index (χ0n) is 11.5. The maximum Gasteiger partial charge on any atom is 0.182 e. The molecule has 2 N–H and O–H groups in total. The zero-order valence-corrected chi connectivity index (χ0v) is 11.5. The number of hydrogen-bond acceptors (Lipinski definition) is 4. The van der Waals surface area contributed by atoms with Gasteiger partial charge in [0.1, 0.15) is 5.82 Å². The molecule has 0 saturated heterocycles. The van der Waals surface area contributed by atoms with Gasteiger partial charge in [0.25, 0.3) is 0 Å². The third-order valence-corrected chi connectivity index (χ3v) is 3.29. The summed E-state index contributed by atoms with van der Waals surface area (Å²) in [6, 6.07) is 12.8. The number of anilines is 1. The van der Waals surface area contributed by atoms with Gasteiger partial charge in [-0.15, -0.1) is 5.10 Å². The van der Waals surface area contributed by atoms with E-state index in [4.69, 9.17) is 5.73 Å². The van der Waals surface area contributed by atoms with Crippen LogP contribution in [0.1, 0.15) is 11.1 Å². The van der Waals surface area contributed by atoms with Crippen molar-refractivity contribution in [3.63, 3.8) is 0 Å². The summed E-state index contributed by atoms with van der Waals surface area (Å²) >= 11 is 0. The molecule has 0 aliphatic carbocycles. The SMILES string of the molecule is Cc1cc(F)c(N)cc1-c1nnnn1Cc1ccccc1. The number of aromatic nitrogens is 4. The van der Waals surface area contributed by atoms with Crippen molar-refractivity contribution in [2.75, 3.05) is 5.73 Å². The molecule has 21 heavy (non-hydrogen) atoms. The maximum atomic E-state index is 13.5. The number of tetrazole rings is 1. The molecule has 1 heterocycles. The van der Waals surface area contributed by atoms with E-state index in [0.29, 0.717) is 12.4 Å². The Bertz CT molecular complexity index is 767. The van der Waals surface area contributed by atoms with E-state index in [1.54, 1.807) is 17.7 Å². The second kappa shape index (κ2) is 5.32. The Morgan fingerprint density at radius 3 is 2.71 bits per heavy atom. The first-order valence-electron chi connectivity index (χ1n) is 6.51. The van der Waals surface area contributed by atoms with E-state index in [1.807, 2.05) is 30.3 Å². The summed E-state index contributed by atoms with van der Waals surface area (Å²) < 4.78 is 15.1. The lowest BCUT2D eigenvalue weighted by Gasteiger charge is -2.09. The number of nitrogens with zero attached hydrogens (tertiary/aromatic N) is 4. The molecule has 0 radical (unpaired) electrons. The lowest BCUT2D eigenvalue weighted by molar-refractivity contribution is 0.630. The van der Waals surface area contributed by atoms with Gasteiger partial charge in [0.05, 0.1) is 12.2 Å². The van der Waals surface area contributed by atoms with Crippen molar-refractivity contribution in [1.29, 1.82) is 0 Å². The Hall–Kier alpha value is -2.76. The van der Waals surface area contributed by atoms with Gasteiger partial charge in [0.2, 0.25) is 0 Å². The molecule has 3 aromatic rings. The third kappa shape index (κ3) is 2.60. The molecule has 0 aliphatic rings. The van der Waals surface area contributed by atoms with E-state index in [-0.39, 0.29) is 5.69 Å². The van der Waals surface area contributed by atoms with Crippen LogP contribution in [0, 0.1) is 12.7 Å². The van der Waals surface area contributed by atoms with Crippen LogP contribution in [0.5, 0.6) is 0 Å². The first-order valence-corrected chi connectivity index (χ1v) is 6.51. The van der Waals surface area contributed by atoms with Crippen molar-refractivity contribution in [2.24, 2.45) is 0 Å². The summed E-state index contributed by atoms with van der Waals surface area (Å²) in [6.07, 6.45) is 0. The van der Waals surface area contributed by atoms with E-state index in [2.05, 4.69) is 15.5 Å². The molecule has 0 atom stereocenters. The van der Waals surface area contributed by atoms with Crippen LogP contribution in [0.25, 0.3) is 11.4 Å². The molecule has 0 aliphatic heterocycles. The average molecular weight is 283 g/mol. The van der Waals surface area contributed by atoms with Gasteiger partial charge in [0.15, 0.2) is 5.82 Å². The summed E-state index contributed by atoms with van der Waals surface area (Å²) in [5.74, 6) is 0.140. The fraction of sp³-hybridized carbons (Fsp3) is 0.133. The number of aryl methyl sites for hydroxylation is 1. The summed E-state index contributed by atoms with van der Waals surface area (Å²) in [5.41, 5.74) is 8.29. The predicted molar refractivity (Wildman–Crippen MR) is 77.9 cm³/mol. The minimum absolute atomic E-state index is 0.0878. The molecule has 1 aromatic heterocycles. The van der Waals surface area contributed by atoms with Crippen LogP contribution in [0.4, 0.5) is 10.1 Å². The molecule has 0 amide bonds. The van der Waals surface area contributed by atoms with Gasteiger partial charge in [-0.3, -0.25) is 0 Å². The molecule has 0 bridgehead atoms. The highest BCUT2D eigenvalue weighted by molar-refractivity contribution is 5.65. The monoisotopic (exact) mass is 283 g/mol. The highest BCUT2D eigenvalue weighted by Gasteiger charge is 2.14. The van der Waals surface area contributed by atoms with Gasteiger partial charge < -0.3 is 5.73 Å². The Morgan fingerprint density at radius 2 is 1.95 bits per heavy atom. The molecular formula is C15H14FN5.